The van der Waals surface area contributed by atoms with Crippen LogP contribution in [0.2, 0.25) is 0 Å². The van der Waals surface area contributed by atoms with Crippen molar-refractivity contribution in [1.82, 2.24) is 0 Å². The molecule has 0 amide bonds. The van der Waals surface area contributed by atoms with Crippen molar-refractivity contribution in [1.29, 1.82) is 0 Å². The van der Waals surface area contributed by atoms with Crippen LogP contribution in [-0.4, -0.2) is 30.9 Å². The highest BCUT2D eigenvalue weighted by Crippen LogP contribution is 2.46. The lowest BCUT2D eigenvalue weighted by atomic mass is 9.78. The monoisotopic (exact) mass is 302 g/mol. The van der Waals surface area contributed by atoms with Crippen molar-refractivity contribution < 1.29 is 27.8 Å². The van der Waals surface area contributed by atoms with Crippen LogP contribution >= 0.6 is 0 Å². The molecule has 0 aromatic heterocycles. The van der Waals surface area contributed by atoms with Crippen LogP contribution in [-0.2, 0) is 20.0 Å². The number of carboxylic acids is 1. The predicted molar refractivity (Wildman–Crippen MR) is 69.0 cm³/mol. The van der Waals surface area contributed by atoms with Crippen LogP contribution in [0.1, 0.15) is 31.2 Å². The number of sulfone groups is 1. The first-order valence-corrected chi connectivity index (χ1v) is 8.05. The van der Waals surface area contributed by atoms with E-state index in [2.05, 4.69) is 0 Å². The smallest absolute Gasteiger partial charge is 0.314 e. The molecular formula is C13H15FO5S. The van der Waals surface area contributed by atoms with Gasteiger partial charge in [-0.05, 0) is 18.9 Å². The molecule has 2 N–H and O–H groups in total. The molecule has 0 saturated heterocycles. The maximum absolute atomic E-state index is 14.0. The van der Waals surface area contributed by atoms with Crippen LogP contribution in [0.3, 0.4) is 0 Å². The number of carbonyl (C=O) groups is 1. The van der Waals surface area contributed by atoms with Crippen molar-refractivity contribution in [2.75, 3.05) is 6.26 Å². The lowest BCUT2D eigenvalue weighted by Crippen LogP contribution is -2.33. The third-order valence-electron chi connectivity index (χ3n) is 3.86. The summed E-state index contributed by atoms with van der Waals surface area (Å²) in [6, 6.07) is 2.22. The maximum atomic E-state index is 14.0. The van der Waals surface area contributed by atoms with Crippen LogP contribution in [0, 0.1) is 5.82 Å². The van der Waals surface area contributed by atoms with Gasteiger partial charge >= 0.3 is 5.97 Å². The first-order chi connectivity index (χ1) is 9.20. The topological polar surface area (TPSA) is 91.7 Å². The number of hydrogen-bond donors (Lipinski definition) is 2. The van der Waals surface area contributed by atoms with Crippen LogP contribution in [0.4, 0.5) is 4.39 Å². The normalized spacial score (nSPS) is 18.1. The van der Waals surface area contributed by atoms with Gasteiger partial charge in [-0.25, -0.2) is 12.8 Å². The molecule has 110 valence electrons. The first kappa shape index (κ1) is 14.8. The molecule has 0 unspecified atom stereocenters. The second-order valence-electron chi connectivity index (χ2n) is 5.14. The fourth-order valence-corrected chi connectivity index (χ4v) is 3.53. The predicted octanol–water partition coefficient (Wildman–Crippen LogP) is 1.83. The number of halogens is 1. The Bertz CT molecular complexity index is 660. The number of aliphatic carboxylic acids is 1. The van der Waals surface area contributed by atoms with Gasteiger partial charge in [-0.2, -0.15) is 0 Å². The van der Waals surface area contributed by atoms with Crippen molar-refractivity contribution in [3.8, 4) is 5.75 Å². The van der Waals surface area contributed by atoms with Crippen LogP contribution in [0.5, 0.6) is 5.75 Å². The van der Waals surface area contributed by atoms with Crippen LogP contribution in [0.25, 0.3) is 0 Å². The van der Waals surface area contributed by atoms with E-state index in [9.17, 15) is 27.8 Å². The minimum atomic E-state index is -3.82. The number of phenolic OH excluding ortho intramolecular Hbond substituents is 1. The summed E-state index contributed by atoms with van der Waals surface area (Å²) in [6.07, 6.45) is 2.76. The van der Waals surface area contributed by atoms with Crippen LogP contribution in [0.15, 0.2) is 17.0 Å². The summed E-state index contributed by atoms with van der Waals surface area (Å²) in [5.74, 6) is -3.29. The molecule has 0 bridgehead atoms. The Morgan fingerprint density at radius 3 is 2.30 bits per heavy atom. The third kappa shape index (κ3) is 2.15. The van der Waals surface area contributed by atoms with Gasteiger partial charge in [-0.15, -0.1) is 0 Å². The molecule has 0 radical (unpaired) electrons. The Labute approximate surface area is 116 Å². The minimum absolute atomic E-state index is 0.0487. The number of benzene rings is 1. The van der Waals surface area contributed by atoms with Crippen molar-refractivity contribution in [3.63, 3.8) is 0 Å². The number of hydrogen-bond acceptors (Lipinski definition) is 4. The zero-order valence-corrected chi connectivity index (χ0v) is 11.7. The number of phenols is 1. The average Bonchev–Trinajstić information content (AvgIpc) is 2.81. The van der Waals surface area contributed by atoms with E-state index in [1.165, 1.54) is 6.07 Å². The van der Waals surface area contributed by atoms with Gasteiger partial charge in [0.1, 0.15) is 4.90 Å². The number of rotatable bonds is 3. The molecule has 0 atom stereocenters. The molecule has 7 heteroatoms. The average molecular weight is 302 g/mol. The molecular weight excluding hydrogens is 287 g/mol. The summed E-state index contributed by atoms with van der Waals surface area (Å²) in [6.45, 7) is 0. The van der Waals surface area contributed by atoms with E-state index < -0.39 is 37.7 Å². The zero-order valence-electron chi connectivity index (χ0n) is 10.9. The van der Waals surface area contributed by atoms with E-state index in [-0.39, 0.29) is 5.56 Å². The van der Waals surface area contributed by atoms with Gasteiger partial charge < -0.3 is 10.2 Å². The van der Waals surface area contributed by atoms with E-state index in [1.807, 2.05) is 0 Å². The maximum Gasteiger partial charge on any atom is 0.314 e. The molecule has 2 rings (SSSR count). The van der Waals surface area contributed by atoms with Crippen molar-refractivity contribution in [2.24, 2.45) is 0 Å². The fourth-order valence-electron chi connectivity index (χ4n) is 2.80. The number of carboxylic acid groups (broad SMARTS) is 1. The third-order valence-corrected chi connectivity index (χ3v) is 4.98. The molecule has 5 nitrogen and oxygen atoms in total. The highest BCUT2D eigenvalue weighted by Gasteiger charge is 2.45. The Morgan fingerprint density at radius 2 is 1.85 bits per heavy atom. The largest absolute Gasteiger partial charge is 0.505 e. The van der Waals surface area contributed by atoms with Gasteiger partial charge in [-0.1, -0.05) is 18.9 Å². The van der Waals surface area contributed by atoms with Gasteiger partial charge in [-0.3, -0.25) is 4.79 Å². The molecule has 0 aliphatic heterocycles. The summed E-state index contributed by atoms with van der Waals surface area (Å²) >= 11 is 0. The molecule has 20 heavy (non-hydrogen) atoms. The Balaban J connectivity index is 2.66. The summed E-state index contributed by atoms with van der Waals surface area (Å²) in [5, 5.41) is 19.3. The van der Waals surface area contributed by atoms with E-state index in [0.717, 1.165) is 12.3 Å². The van der Waals surface area contributed by atoms with Crippen LogP contribution < -0.4 is 0 Å². The second-order valence-corrected chi connectivity index (χ2v) is 7.12. The van der Waals surface area contributed by atoms with E-state index in [1.54, 1.807) is 0 Å². The van der Waals surface area contributed by atoms with Crippen molar-refractivity contribution in [2.45, 2.75) is 36.0 Å². The molecule has 0 heterocycles. The van der Waals surface area contributed by atoms with Gasteiger partial charge in [0.25, 0.3) is 0 Å². The Morgan fingerprint density at radius 1 is 1.30 bits per heavy atom. The fraction of sp³-hybridized carbons (Fsp3) is 0.462. The van der Waals surface area contributed by atoms with Crippen molar-refractivity contribution in [3.05, 3.63) is 23.5 Å². The molecule has 1 aliphatic carbocycles. The molecule has 1 aromatic carbocycles. The first-order valence-electron chi connectivity index (χ1n) is 6.15. The number of aromatic hydroxyl groups is 1. The van der Waals surface area contributed by atoms with Gasteiger partial charge in [0.2, 0.25) is 0 Å². The minimum Gasteiger partial charge on any atom is -0.505 e. The van der Waals surface area contributed by atoms with E-state index in [4.69, 9.17) is 0 Å². The summed E-state index contributed by atoms with van der Waals surface area (Å²) < 4.78 is 36.8. The van der Waals surface area contributed by atoms with E-state index >= 15 is 0 Å². The molecule has 1 saturated carbocycles. The van der Waals surface area contributed by atoms with Gasteiger partial charge in [0.05, 0.1) is 5.41 Å². The summed E-state index contributed by atoms with van der Waals surface area (Å²) in [7, 11) is -3.82. The summed E-state index contributed by atoms with van der Waals surface area (Å²) in [4.78, 5) is 10.9. The molecule has 1 aliphatic rings. The molecule has 0 spiro atoms. The summed E-state index contributed by atoms with van der Waals surface area (Å²) in [5.41, 5.74) is -1.38. The lowest BCUT2D eigenvalue weighted by molar-refractivity contribution is -0.143. The van der Waals surface area contributed by atoms with Crippen molar-refractivity contribution >= 4 is 15.8 Å². The Kier molecular flexibility index (Phi) is 3.49. The van der Waals surface area contributed by atoms with Gasteiger partial charge in [0, 0.05) is 11.8 Å². The zero-order chi connectivity index (χ0) is 15.1. The quantitative estimate of drug-likeness (QED) is 0.888. The standard InChI is InChI=1S/C13H15FO5S/c1-20(18,19)9-5-4-8(11(15)10(9)14)13(12(16)17)6-2-3-7-13/h4-5,15H,2-3,6-7H2,1H3,(H,16,17). The molecule has 1 fully saturated rings. The molecule has 1 aromatic rings. The highest BCUT2D eigenvalue weighted by molar-refractivity contribution is 7.90. The highest BCUT2D eigenvalue weighted by atomic mass is 32.2. The van der Waals surface area contributed by atoms with Gasteiger partial charge in [0.15, 0.2) is 21.4 Å². The lowest BCUT2D eigenvalue weighted by Gasteiger charge is -2.25. The second kappa shape index (κ2) is 4.73. The Hall–Kier alpha value is -1.63. The SMILES string of the molecule is CS(=O)(=O)c1ccc(C2(C(=O)O)CCCC2)c(O)c1F. The van der Waals surface area contributed by atoms with E-state index in [0.29, 0.717) is 25.7 Å².